The number of alkyl halides is 1. The molecule has 0 atom stereocenters. The largest absolute Gasteiger partial charge is 0.538 e. The van der Waals surface area contributed by atoms with Gasteiger partial charge in [-0.2, -0.15) is 0 Å². The second-order valence-corrected chi connectivity index (χ2v) is 12.2. The lowest BCUT2D eigenvalue weighted by molar-refractivity contribution is -0.116. The molecule has 2 rings (SSSR count). The van der Waals surface area contributed by atoms with Crippen LogP contribution in [0.1, 0.15) is 12.8 Å². The lowest BCUT2D eigenvalue weighted by atomic mass is 10.1. The van der Waals surface area contributed by atoms with Crippen molar-refractivity contribution in [3.8, 4) is 22.8 Å². The van der Waals surface area contributed by atoms with E-state index in [-0.39, 0.29) is 40.5 Å². The van der Waals surface area contributed by atoms with Gasteiger partial charge in [0.1, 0.15) is 5.82 Å². The Hall–Kier alpha value is -1.51. The molecule has 1 heterocycles. The lowest BCUT2D eigenvalue weighted by Crippen LogP contribution is -2.29. The molecule has 0 aliphatic rings. The molecule has 1 amide bonds. The van der Waals surface area contributed by atoms with Crippen LogP contribution in [0.4, 0.5) is 10.3 Å². The van der Waals surface area contributed by atoms with Crippen LogP contribution in [-0.2, 0) is 4.79 Å². The number of rotatable bonds is 7. The highest BCUT2D eigenvalue weighted by molar-refractivity contribution is 9.09. The molecule has 0 aliphatic carbocycles. The van der Waals surface area contributed by atoms with Crippen molar-refractivity contribution in [2.75, 3.05) is 10.6 Å². The minimum atomic E-state index is -2.12. The molecule has 142 valence electrons. The van der Waals surface area contributed by atoms with E-state index >= 15 is 0 Å². The van der Waals surface area contributed by atoms with E-state index in [2.05, 4.69) is 21.2 Å². The number of furan rings is 1. The van der Waals surface area contributed by atoms with Gasteiger partial charge in [0.2, 0.25) is 31.6 Å². The number of anilines is 1. The van der Waals surface area contributed by atoms with E-state index in [1.807, 2.05) is 19.6 Å². The fourth-order valence-electron chi connectivity index (χ4n) is 2.16. The Bertz CT molecular complexity index is 807. The third-order valence-electron chi connectivity index (χ3n) is 3.21. The van der Waals surface area contributed by atoms with Gasteiger partial charge < -0.3 is 13.9 Å². The van der Waals surface area contributed by atoms with Gasteiger partial charge in [0.25, 0.3) is 0 Å². The van der Waals surface area contributed by atoms with Crippen LogP contribution in [-0.4, -0.2) is 24.7 Å². The second kappa shape index (κ2) is 8.45. The van der Waals surface area contributed by atoms with Crippen molar-refractivity contribution in [2.24, 2.45) is 0 Å². The maximum Gasteiger partial charge on any atom is 0.245 e. The Morgan fingerprint density at radius 3 is 2.69 bits per heavy atom. The van der Waals surface area contributed by atoms with Gasteiger partial charge in [-0.15, -0.1) is 0 Å². The van der Waals surface area contributed by atoms with Crippen molar-refractivity contribution in [2.45, 2.75) is 32.5 Å². The molecule has 2 N–H and O–H groups in total. The van der Waals surface area contributed by atoms with E-state index in [4.69, 9.17) is 20.4 Å². The fourth-order valence-corrected chi connectivity index (χ4v) is 3.50. The predicted molar refractivity (Wildman–Crippen MR) is 106 cm³/mol. The van der Waals surface area contributed by atoms with Gasteiger partial charge in [-0.3, -0.25) is 10.1 Å². The van der Waals surface area contributed by atoms with Crippen LogP contribution in [0, 0.1) is 5.82 Å². The van der Waals surface area contributed by atoms with Gasteiger partial charge >= 0.3 is 0 Å². The molecule has 0 spiro atoms. The average Bonchev–Trinajstić information content (AvgIpc) is 2.80. The van der Waals surface area contributed by atoms with E-state index in [0.29, 0.717) is 17.3 Å². The smallest absolute Gasteiger partial charge is 0.245 e. The molecule has 0 saturated carbocycles. The molecule has 2 aromatic rings. The molecule has 1 aromatic heterocycles. The summed E-state index contributed by atoms with van der Waals surface area (Å²) in [5, 5.41) is 14.0. The summed E-state index contributed by atoms with van der Waals surface area (Å²) in [6.07, 6.45) is 0.936. The normalized spacial score (nSPS) is 11.5. The van der Waals surface area contributed by atoms with Crippen LogP contribution in [0.3, 0.4) is 0 Å². The Morgan fingerprint density at radius 2 is 2.12 bits per heavy atom. The molecule has 0 aliphatic heterocycles. The van der Waals surface area contributed by atoms with Crippen LogP contribution in [0.5, 0.6) is 11.5 Å². The summed E-state index contributed by atoms with van der Waals surface area (Å²) in [6, 6.07) is 3.72. The number of amides is 1. The zero-order valence-corrected chi connectivity index (χ0v) is 18.0. The topological polar surface area (TPSA) is 71.7 Å². The van der Waals surface area contributed by atoms with E-state index in [1.54, 1.807) is 0 Å². The Morgan fingerprint density at radius 1 is 1.42 bits per heavy atom. The molecule has 26 heavy (non-hydrogen) atoms. The minimum Gasteiger partial charge on any atom is -0.538 e. The quantitative estimate of drug-likeness (QED) is 0.403. The molecule has 0 bridgehead atoms. The average molecular weight is 465 g/mol. The lowest BCUT2D eigenvalue weighted by Gasteiger charge is -2.18. The maximum absolute atomic E-state index is 13.3. The molecule has 0 saturated heterocycles. The van der Waals surface area contributed by atoms with Gasteiger partial charge in [0.15, 0.2) is 5.76 Å². The highest BCUT2D eigenvalue weighted by Gasteiger charge is 2.29. The molecular formula is C17H20BrClFNO4Si. The van der Waals surface area contributed by atoms with Crippen molar-refractivity contribution >= 4 is 47.6 Å². The van der Waals surface area contributed by atoms with Crippen LogP contribution < -0.4 is 9.74 Å². The van der Waals surface area contributed by atoms with Gasteiger partial charge in [0, 0.05) is 17.3 Å². The van der Waals surface area contributed by atoms with Gasteiger partial charge in [-0.25, -0.2) is 4.39 Å². The Labute approximate surface area is 165 Å². The number of halogens is 3. The van der Waals surface area contributed by atoms with Gasteiger partial charge in [-0.1, -0.05) is 27.5 Å². The SMILES string of the molecule is C[Si](C)(C)Oc1c(NC(=O)CCCBr)oc(-c2ccc(F)cc2Cl)c1O. The van der Waals surface area contributed by atoms with Gasteiger partial charge in [-0.05, 0) is 44.3 Å². The molecular weight excluding hydrogens is 445 g/mol. The first kappa shape index (κ1) is 20.8. The first-order valence-electron chi connectivity index (χ1n) is 7.98. The van der Waals surface area contributed by atoms with Gasteiger partial charge in [0.05, 0.1) is 5.02 Å². The van der Waals surface area contributed by atoms with E-state index in [9.17, 15) is 14.3 Å². The highest BCUT2D eigenvalue weighted by Crippen LogP contribution is 2.48. The molecule has 9 heteroatoms. The minimum absolute atomic E-state index is 0.0130. The van der Waals surface area contributed by atoms with Crippen molar-refractivity contribution < 1.29 is 23.1 Å². The number of benzene rings is 1. The number of carbonyl (C=O) groups excluding carboxylic acids is 1. The third kappa shape index (κ3) is 5.25. The zero-order valence-electron chi connectivity index (χ0n) is 14.7. The first-order valence-corrected chi connectivity index (χ1v) is 12.9. The number of nitrogens with one attached hydrogen (secondary N) is 1. The number of aromatic hydroxyl groups is 1. The molecule has 1 aromatic carbocycles. The standard InChI is InChI=1S/C17H20BrClFNO4Si/c1-26(2,3)25-16-14(23)15(11-7-6-10(20)9-12(11)19)24-17(16)21-13(22)5-4-8-18/h6-7,9,23H,4-5,8H2,1-3H3,(H,21,22). The number of hydrogen-bond acceptors (Lipinski definition) is 4. The highest BCUT2D eigenvalue weighted by atomic mass is 79.9. The van der Waals surface area contributed by atoms with Crippen LogP contribution >= 0.6 is 27.5 Å². The number of hydrogen-bond donors (Lipinski definition) is 2. The molecule has 0 unspecified atom stereocenters. The summed E-state index contributed by atoms with van der Waals surface area (Å²) in [5.74, 6) is -0.968. The summed E-state index contributed by atoms with van der Waals surface area (Å²) in [4.78, 5) is 12.1. The molecule has 5 nitrogen and oxygen atoms in total. The molecule has 0 radical (unpaired) electrons. The van der Waals surface area contributed by atoms with Crippen molar-refractivity contribution in [3.05, 3.63) is 29.0 Å². The Balaban J connectivity index is 2.47. The zero-order chi connectivity index (χ0) is 19.5. The number of carbonyl (C=O) groups is 1. The fraction of sp³-hybridized carbons (Fsp3) is 0.353. The van der Waals surface area contributed by atoms with Crippen LogP contribution in [0.25, 0.3) is 11.3 Å². The summed E-state index contributed by atoms with van der Waals surface area (Å²) < 4.78 is 24.8. The first-order chi connectivity index (χ1) is 12.1. The van der Waals surface area contributed by atoms with Crippen LogP contribution in [0.2, 0.25) is 24.7 Å². The summed E-state index contributed by atoms with van der Waals surface area (Å²) >= 11 is 9.34. The molecule has 0 fully saturated rings. The summed E-state index contributed by atoms with van der Waals surface area (Å²) in [6.45, 7) is 5.79. The van der Waals surface area contributed by atoms with E-state index < -0.39 is 14.1 Å². The monoisotopic (exact) mass is 463 g/mol. The summed E-state index contributed by atoms with van der Waals surface area (Å²) in [7, 11) is -2.12. The van der Waals surface area contributed by atoms with E-state index in [1.165, 1.54) is 12.1 Å². The second-order valence-electron chi connectivity index (χ2n) is 6.62. The van der Waals surface area contributed by atoms with Crippen LogP contribution in [0.15, 0.2) is 22.6 Å². The third-order valence-corrected chi connectivity index (χ3v) is 4.90. The summed E-state index contributed by atoms with van der Waals surface area (Å²) in [5.41, 5.74) is 0.298. The predicted octanol–water partition coefficient (Wildman–Crippen LogP) is 5.77. The van der Waals surface area contributed by atoms with Crippen molar-refractivity contribution in [1.29, 1.82) is 0 Å². The van der Waals surface area contributed by atoms with E-state index in [0.717, 1.165) is 6.07 Å². The van der Waals surface area contributed by atoms with Crippen molar-refractivity contribution in [1.82, 2.24) is 0 Å². The van der Waals surface area contributed by atoms with Crippen molar-refractivity contribution in [3.63, 3.8) is 0 Å². The Kier molecular flexibility index (Phi) is 6.76. The maximum atomic E-state index is 13.3.